The van der Waals surface area contributed by atoms with Crippen LogP contribution in [-0.4, -0.2) is 15.0 Å². The van der Waals surface area contributed by atoms with Crippen LogP contribution in [0.5, 0.6) is 0 Å². The van der Waals surface area contributed by atoms with Crippen LogP contribution in [0.25, 0.3) is 78.0 Å². The van der Waals surface area contributed by atoms with Gasteiger partial charge in [-0.2, -0.15) is 0 Å². The Labute approximate surface area is 241 Å². The van der Waals surface area contributed by atoms with E-state index in [1.807, 2.05) is 78.9 Å². The van der Waals surface area contributed by atoms with E-state index in [4.69, 9.17) is 25.1 Å². The van der Waals surface area contributed by atoms with Gasteiger partial charge < -0.3 is 10.2 Å². The van der Waals surface area contributed by atoms with Crippen molar-refractivity contribution in [2.75, 3.05) is 5.73 Å². The molecule has 5 heteroatoms. The third-order valence-corrected chi connectivity index (χ3v) is 7.67. The van der Waals surface area contributed by atoms with Gasteiger partial charge in [-0.1, -0.05) is 91.0 Å². The number of pyridine rings is 2. The van der Waals surface area contributed by atoms with E-state index in [1.54, 1.807) is 0 Å². The Morgan fingerprint density at radius 2 is 1.07 bits per heavy atom. The summed E-state index contributed by atoms with van der Waals surface area (Å²) in [4.78, 5) is 15.1. The summed E-state index contributed by atoms with van der Waals surface area (Å²) in [6.45, 7) is 0. The number of rotatable bonds is 4. The molecule has 0 aliphatic heterocycles. The number of hydrogen-bond donors (Lipinski definition) is 1. The molecule has 0 radical (unpaired) electrons. The van der Waals surface area contributed by atoms with Crippen molar-refractivity contribution in [2.24, 2.45) is 0 Å². The average molecular weight is 541 g/mol. The molecule has 0 aliphatic rings. The van der Waals surface area contributed by atoms with E-state index in [2.05, 4.69) is 54.6 Å². The van der Waals surface area contributed by atoms with Crippen molar-refractivity contribution in [1.29, 1.82) is 0 Å². The lowest BCUT2D eigenvalue weighted by Gasteiger charge is -2.11. The van der Waals surface area contributed by atoms with E-state index in [-0.39, 0.29) is 0 Å². The van der Waals surface area contributed by atoms with Gasteiger partial charge in [0, 0.05) is 44.3 Å². The Morgan fingerprint density at radius 3 is 1.76 bits per heavy atom. The fourth-order valence-corrected chi connectivity index (χ4v) is 5.52. The van der Waals surface area contributed by atoms with Crippen LogP contribution in [0.1, 0.15) is 0 Å². The lowest BCUT2D eigenvalue weighted by molar-refractivity contribution is 0.620. The van der Waals surface area contributed by atoms with Gasteiger partial charge in [-0.25, -0.2) is 15.0 Å². The second kappa shape index (κ2) is 9.68. The highest BCUT2D eigenvalue weighted by Crippen LogP contribution is 2.37. The van der Waals surface area contributed by atoms with Gasteiger partial charge in [0.15, 0.2) is 5.58 Å². The van der Waals surface area contributed by atoms with Gasteiger partial charge in [0.25, 0.3) is 0 Å². The Hall–Kier alpha value is -5.81. The zero-order valence-electron chi connectivity index (χ0n) is 22.5. The van der Waals surface area contributed by atoms with E-state index in [1.165, 1.54) is 0 Å². The Bertz CT molecular complexity index is 2260. The third-order valence-electron chi connectivity index (χ3n) is 7.67. The SMILES string of the molecule is Nc1ccc(-c2ccc3ccc4ccc(-c5ccccc5)nc4c3n2)cc1-c1cccc2oc(-c3ccccc3)nc12. The summed E-state index contributed by atoms with van der Waals surface area (Å²) >= 11 is 0. The van der Waals surface area contributed by atoms with E-state index >= 15 is 0 Å². The third kappa shape index (κ3) is 4.07. The fraction of sp³-hybridized carbons (Fsp3) is 0. The van der Waals surface area contributed by atoms with Crippen molar-refractivity contribution in [3.63, 3.8) is 0 Å². The van der Waals surface area contributed by atoms with Crippen LogP contribution in [0.4, 0.5) is 5.69 Å². The summed E-state index contributed by atoms with van der Waals surface area (Å²) in [5, 5.41) is 2.09. The molecule has 0 amide bonds. The molecule has 0 saturated carbocycles. The molecule has 8 rings (SSSR count). The maximum absolute atomic E-state index is 6.56. The first-order valence-corrected chi connectivity index (χ1v) is 13.8. The normalized spacial score (nSPS) is 11.4. The zero-order chi connectivity index (χ0) is 28.0. The molecular weight excluding hydrogens is 516 g/mol. The first-order chi connectivity index (χ1) is 20.7. The molecule has 0 bridgehead atoms. The number of hydrogen-bond acceptors (Lipinski definition) is 5. The van der Waals surface area contributed by atoms with Crippen molar-refractivity contribution in [2.45, 2.75) is 0 Å². The number of benzene rings is 5. The number of nitrogens with two attached hydrogens (primary N) is 1. The monoisotopic (exact) mass is 540 g/mol. The largest absolute Gasteiger partial charge is 0.436 e. The predicted molar refractivity (Wildman–Crippen MR) is 171 cm³/mol. The molecule has 3 heterocycles. The van der Waals surface area contributed by atoms with Crippen LogP contribution < -0.4 is 5.73 Å². The molecule has 0 spiro atoms. The predicted octanol–water partition coefficient (Wildman–Crippen LogP) is 9.17. The summed E-state index contributed by atoms with van der Waals surface area (Å²) in [6, 6.07) is 44.6. The lowest BCUT2D eigenvalue weighted by atomic mass is 9.98. The van der Waals surface area contributed by atoms with Crippen LogP contribution in [0.3, 0.4) is 0 Å². The number of para-hydroxylation sites is 1. The molecule has 8 aromatic rings. The maximum Gasteiger partial charge on any atom is 0.227 e. The van der Waals surface area contributed by atoms with Crippen LogP contribution in [0, 0.1) is 0 Å². The van der Waals surface area contributed by atoms with Crippen LogP contribution in [-0.2, 0) is 0 Å². The van der Waals surface area contributed by atoms with Crippen molar-refractivity contribution in [3.05, 3.63) is 133 Å². The molecule has 3 aromatic heterocycles. The van der Waals surface area contributed by atoms with Crippen LogP contribution >= 0.6 is 0 Å². The number of oxazole rings is 1. The van der Waals surface area contributed by atoms with Gasteiger partial charge in [0.2, 0.25) is 5.89 Å². The first kappa shape index (κ1) is 24.0. The summed E-state index contributed by atoms with van der Waals surface area (Å²) in [7, 11) is 0. The van der Waals surface area contributed by atoms with E-state index in [0.717, 1.165) is 66.5 Å². The summed E-state index contributed by atoms with van der Waals surface area (Å²) in [6.07, 6.45) is 0. The van der Waals surface area contributed by atoms with Gasteiger partial charge in [-0.15, -0.1) is 0 Å². The van der Waals surface area contributed by atoms with Gasteiger partial charge >= 0.3 is 0 Å². The Kier molecular flexibility index (Phi) is 5.54. The zero-order valence-corrected chi connectivity index (χ0v) is 22.5. The van der Waals surface area contributed by atoms with E-state index in [0.29, 0.717) is 17.2 Å². The second-order valence-electron chi connectivity index (χ2n) is 10.3. The molecular formula is C37H24N4O. The molecule has 0 saturated heterocycles. The van der Waals surface area contributed by atoms with Crippen LogP contribution in [0.15, 0.2) is 138 Å². The molecule has 0 atom stereocenters. The van der Waals surface area contributed by atoms with Gasteiger partial charge in [-0.05, 0) is 42.5 Å². The van der Waals surface area contributed by atoms with Crippen molar-refractivity contribution < 1.29 is 4.42 Å². The first-order valence-electron chi connectivity index (χ1n) is 13.8. The molecule has 5 nitrogen and oxygen atoms in total. The van der Waals surface area contributed by atoms with E-state index < -0.39 is 0 Å². The minimum atomic E-state index is 0.582. The summed E-state index contributed by atoms with van der Waals surface area (Å²) in [5.41, 5.74) is 17.0. The fourth-order valence-electron chi connectivity index (χ4n) is 5.52. The molecule has 0 fully saturated rings. The highest BCUT2D eigenvalue weighted by atomic mass is 16.3. The molecule has 198 valence electrons. The second-order valence-corrected chi connectivity index (χ2v) is 10.3. The average Bonchev–Trinajstić information content (AvgIpc) is 3.50. The quantitative estimate of drug-likeness (QED) is 0.178. The number of anilines is 1. The van der Waals surface area contributed by atoms with Gasteiger partial charge in [0.05, 0.1) is 22.4 Å². The van der Waals surface area contributed by atoms with Gasteiger partial charge in [0.1, 0.15) is 5.52 Å². The molecule has 5 aromatic carbocycles. The smallest absolute Gasteiger partial charge is 0.227 e. The summed E-state index contributed by atoms with van der Waals surface area (Å²) in [5.74, 6) is 0.582. The number of nitrogens with zero attached hydrogens (tertiary/aromatic N) is 3. The highest BCUT2D eigenvalue weighted by Gasteiger charge is 2.16. The molecule has 2 N–H and O–H groups in total. The van der Waals surface area contributed by atoms with Crippen molar-refractivity contribution in [1.82, 2.24) is 15.0 Å². The van der Waals surface area contributed by atoms with Gasteiger partial charge in [-0.3, -0.25) is 0 Å². The molecule has 0 unspecified atom stereocenters. The van der Waals surface area contributed by atoms with E-state index in [9.17, 15) is 0 Å². The Morgan fingerprint density at radius 1 is 0.452 bits per heavy atom. The standard InChI is InChI=1S/C37H24N4O/c38-30-19-16-27(22-29(30)28-12-7-13-33-36(28)41-37(42-33)26-10-5-2-6-11-26)32-21-18-25-15-14-24-17-20-31(23-8-3-1-4-9-23)39-34(24)35(25)40-32/h1-22H,38H2. The minimum Gasteiger partial charge on any atom is -0.436 e. The summed E-state index contributed by atoms with van der Waals surface area (Å²) < 4.78 is 6.13. The topological polar surface area (TPSA) is 77.8 Å². The van der Waals surface area contributed by atoms with Crippen LogP contribution in [0.2, 0.25) is 0 Å². The minimum absolute atomic E-state index is 0.582. The van der Waals surface area contributed by atoms with Crippen molar-refractivity contribution >= 4 is 38.6 Å². The molecule has 0 aliphatic carbocycles. The lowest BCUT2D eigenvalue weighted by Crippen LogP contribution is -1.94. The number of aromatic nitrogens is 3. The number of nitrogen functional groups attached to an aromatic ring is 1. The number of fused-ring (bicyclic) bond motifs is 4. The highest BCUT2D eigenvalue weighted by molar-refractivity contribution is 6.04. The van der Waals surface area contributed by atoms with Crippen molar-refractivity contribution in [3.8, 4) is 45.1 Å². The molecule has 42 heavy (non-hydrogen) atoms. The maximum atomic E-state index is 6.56. The Balaban J connectivity index is 1.26.